The normalized spacial score (nSPS) is 11.6. The predicted molar refractivity (Wildman–Crippen MR) is 64.9 cm³/mol. The molecule has 0 fully saturated rings. The van der Waals surface area contributed by atoms with Gasteiger partial charge in [-0.3, -0.25) is 0 Å². The summed E-state index contributed by atoms with van der Waals surface area (Å²) in [6, 6.07) is 8.07. The van der Waals surface area contributed by atoms with E-state index in [4.69, 9.17) is 0 Å². The summed E-state index contributed by atoms with van der Waals surface area (Å²) < 4.78 is 37.9. The van der Waals surface area contributed by atoms with Crippen molar-refractivity contribution >= 4 is 15.9 Å². The summed E-state index contributed by atoms with van der Waals surface area (Å²) in [4.78, 5) is 7.32. The number of alkyl halides is 3. The Kier molecular flexibility index (Phi) is 3.38. The molecule has 0 aliphatic rings. The topological polar surface area (TPSA) is 25.8 Å². The average molecular weight is 317 g/mol. The highest BCUT2D eigenvalue weighted by atomic mass is 79.9. The molecular weight excluding hydrogens is 309 g/mol. The smallest absolute Gasteiger partial charge is 0.222 e. The van der Waals surface area contributed by atoms with Crippen molar-refractivity contribution in [3.8, 4) is 11.3 Å². The minimum Gasteiger partial charge on any atom is -0.222 e. The Morgan fingerprint density at radius 2 is 1.78 bits per heavy atom. The Balaban J connectivity index is 2.60. The van der Waals surface area contributed by atoms with Crippen LogP contribution in [-0.4, -0.2) is 9.97 Å². The molecule has 6 heteroatoms. The Labute approximate surface area is 110 Å². The maximum absolute atomic E-state index is 12.7. The van der Waals surface area contributed by atoms with Crippen molar-refractivity contribution in [1.29, 1.82) is 0 Å². The predicted octanol–water partition coefficient (Wildman–Crippen LogP) is 4.23. The van der Waals surface area contributed by atoms with Gasteiger partial charge in [0.1, 0.15) is 5.69 Å². The lowest BCUT2D eigenvalue weighted by atomic mass is 10.1. The number of hydrogen-bond donors (Lipinski definition) is 0. The molecule has 18 heavy (non-hydrogen) atoms. The molecule has 2 rings (SSSR count). The van der Waals surface area contributed by atoms with Crippen molar-refractivity contribution in [1.82, 2.24) is 9.97 Å². The molecule has 0 bridgehead atoms. The standard InChI is InChI=1S/C12H8BrF3N2/c1-7-4-2-3-5-8(7)9-6-10(12(14,15)16)18-11(13)17-9/h2-6H,1H3. The number of hydrogen-bond acceptors (Lipinski definition) is 2. The van der Waals surface area contributed by atoms with Crippen LogP contribution in [0.25, 0.3) is 11.3 Å². The van der Waals surface area contributed by atoms with E-state index in [1.807, 2.05) is 19.1 Å². The molecule has 0 N–H and O–H groups in total. The van der Waals surface area contributed by atoms with Gasteiger partial charge in [-0.05, 0) is 34.5 Å². The van der Waals surface area contributed by atoms with Crippen molar-refractivity contribution in [2.45, 2.75) is 13.1 Å². The molecule has 0 aliphatic carbocycles. The summed E-state index contributed by atoms with van der Waals surface area (Å²) in [5.74, 6) is 0. The summed E-state index contributed by atoms with van der Waals surface area (Å²) in [6.45, 7) is 1.82. The van der Waals surface area contributed by atoms with Crippen LogP contribution in [0.5, 0.6) is 0 Å². The highest BCUT2D eigenvalue weighted by Crippen LogP contribution is 2.31. The maximum Gasteiger partial charge on any atom is 0.433 e. The summed E-state index contributed by atoms with van der Waals surface area (Å²) >= 11 is 2.91. The van der Waals surface area contributed by atoms with E-state index >= 15 is 0 Å². The van der Waals surface area contributed by atoms with E-state index in [-0.39, 0.29) is 10.4 Å². The van der Waals surface area contributed by atoms with Crippen molar-refractivity contribution in [2.24, 2.45) is 0 Å². The first-order valence-corrected chi connectivity index (χ1v) is 5.85. The Morgan fingerprint density at radius 1 is 1.11 bits per heavy atom. The lowest BCUT2D eigenvalue weighted by molar-refractivity contribution is -0.141. The minimum absolute atomic E-state index is 0.0735. The molecule has 0 radical (unpaired) electrons. The van der Waals surface area contributed by atoms with E-state index < -0.39 is 11.9 Å². The van der Waals surface area contributed by atoms with Gasteiger partial charge in [-0.2, -0.15) is 13.2 Å². The van der Waals surface area contributed by atoms with Crippen LogP contribution < -0.4 is 0 Å². The third kappa shape index (κ3) is 2.69. The van der Waals surface area contributed by atoms with Gasteiger partial charge in [-0.1, -0.05) is 24.3 Å². The number of rotatable bonds is 1. The summed E-state index contributed by atoms with van der Waals surface area (Å²) in [5.41, 5.74) is 0.812. The zero-order valence-corrected chi connectivity index (χ0v) is 10.9. The van der Waals surface area contributed by atoms with Crippen LogP contribution in [0.4, 0.5) is 13.2 Å². The molecule has 94 valence electrons. The van der Waals surface area contributed by atoms with Crippen LogP contribution in [0.15, 0.2) is 35.1 Å². The van der Waals surface area contributed by atoms with Gasteiger partial charge in [-0.25, -0.2) is 9.97 Å². The van der Waals surface area contributed by atoms with E-state index in [9.17, 15) is 13.2 Å². The number of nitrogens with zero attached hydrogens (tertiary/aromatic N) is 2. The first kappa shape index (κ1) is 13.0. The molecule has 0 saturated heterocycles. The molecule has 0 atom stereocenters. The molecule has 0 saturated carbocycles. The summed E-state index contributed by atoms with van der Waals surface area (Å²) in [7, 11) is 0. The van der Waals surface area contributed by atoms with E-state index in [1.165, 1.54) is 0 Å². The molecule has 0 spiro atoms. The van der Waals surface area contributed by atoms with Gasteiger partial charge in [0.2, 0.25) is 0 Å². The number of aryl methyl sites for hydroxylation is 1. The molecule has 2 aromatic rings. The monoisotopic (exact) mass is 316 g/mol. The Morgan fingerprint density at radius 3 is 2.39 bits per heavy atom. The highest BCUT2D eigenvalue weighted by Gasteiger charge is 2.33. The van der Waals surface area contributed by atoms with Crippen LogP contribution in [0.3, 0.4) is 0 Å². The zero-order valence-electron chi connectivity index (χ0n) is 9.29. The van der Waals surface area contributed by atoms with Crippen LogP contribution in [0.1, 0.15) is 11.3 Å². The lowest BCUT2D eigenvalue weighted by Crippen LogP contribution is -2.09. The second-order valence-electron chi connectivity index (χ2n) is 3.72. The molecule has 0 aliphatic heterocycles. The van der Waals surface area contributed by atoms with Crippen molar-refractivity contribution in [3.05, 3.63) is 46.3 Å². The van der Waals surface area contributed by atoms with E-state index in [1.54, 1.807) is 12.1 Å². The van der Waals surface area contributed by atoms with Crippen LogP contribution in [0.2, 0.25) is 0 Å². The van der Waals surface area contributed by atoms with Gasteiger partial charge in [0.25, 0.3) is 0 Å². The van der Waals surface area contributed by atoms with Gasteiger partial charge >= 0.3 is 6.18 Å². The fourth-order valence-electron chi connectivity index (χ4n) is 1.56. The third-order valence-electron chi connectivity index (χ3n) is 2.41. The summed E-state index contributed by atoms with van der Waals surface area (Å²) in [5, 5.41) is 0. The van der Waals surface area contributed by atoms with Crippen molar-refractivity contribution < 1.29 is 13.2 Å². The van der Waals surface area contributed by atoms with Crippen LogP contribution >= 0.6 is 15.9 Å². The second-order valence-corrected chi connectivity index (χ2v) is 4.43. The zero-order chi connectivity index (χ0) is 13.3. The summed E-state index contributed by atoms with van der Waals surface area (Å²) in [6.07, 6.45) is -4.48. The van der Waals surface area contributed by atoms with Gasteiger partial charge in [0.05, 0.1) is 5.69 Å². The van der Waals surface area contributed by atoms with Crippen LogP contribution in [-0.2, 0) is 6.18 Å². The average Bonchev–Trinajstić information content (AvgIpc) is 2.27. The molecular formula is C12H8BrF3N2. The minimum atomic E-state index is -4.48. The van der Waals surface area contributed by atoms with E-state index in [0.717, 1.165) is 11.6 Å². The number of halogens is 4. The molecule has 0 amide bonds. The quantitative estimate of drug-likeness (QED) is 0.736. The number of aromatic nitrogens is 2. The fraction of sp³-hybridized carbons (Fsp3) is 0.167. The SMILES string of the molecule is Cc1ccccc1-c1cc(C(F)(F)F)nc(Br)n1. The third-order valence-corrected chi connectivity index (χ3v) is 2.76. The van der Waals surface area contributed by atoms with E-state index in [0.29, 0.717) is 5.56 Å². The number of benzene rings is 1. The Hall–Kier alpha value is -1.43. The first-order chi connectivity index (χ1) is 8.38. The molecule has 2 nitrogen and oxygen atoms in total. The molecule has 0 unspecified atom stereocenters. The fourth-order valence-corrected chi connectivity index (χ4v) is 1.94. The van der Waals surface area contributed by atoms with Crippen molar-refractivity contribution in [3.63, 3.8) is 0 Å². The molecule has 1 heterocycles. The second kappa shape index (κ2) is 4.68. The largest absolute Gasteiger partial charge is 0.433 e. The van der Waals surface area contributed by atoms with E-state index in [2.05, 4.69) is 25.9 Å². The van der Waals surface area contributed by atoms with Crippen LogP contribution in [0, 0.1) is 6.92 Å². The molecule has 1 aromatic heterocycles. The lowest BCUT2D eigenvalue weighted by Gasteiger charge is -2.09. The van der Waals surface area contributed by atoms with Crippen molar-refractivity contribution in [2.75, 3.05) is 0 Å². The van der Waals surface area contributed by atoms with Gasteiger partial charge in [-0.15, -0.1) is 0 Å². The Bertz CT molecular complexity index is 582. The molecule has 1 aromatic carbocycles. The first-order valence-electron chi connectivity index (χ1n) is 5.06. The van der Waals surface area contributed by atoms with Gasteiger partial charge in [0, 0.05) is 5.56 Å². The highest BCUT2D eigenvalue weighted by molar-refractivity contribution is 9.10. The van der Waals surface area contributed by atoms with Gasteiger partial charge in [0.15, 0.2) is 4.73 Å². The maximum atomic E-state index is 12.7. The van der Waals surface area contributed by atoms with Gasteiger partial charge < -0.3 is 0 Å².